The lowest BCUT2D eigenvalue weighted by atomic mass is 9.74. The number of hydrogen-bond acceptors (Lipinski definition) is 4. The Morgan fingerprint density at radius 3 is 2.72 bits per heavy atom. The number of ether oxygens (including phenoxy) is 2. The summed E-state index contributed by atoms with van der Waals surface area (Å²) in [6, 6.07) is 7.54. The molecule has 1 saturated heterocycles. The van der Waals surface area contributed by atoms with Crippen molar-refractivity contribution in [3.63, 3.8) is 0 Å². The number of nitrogens with zero attached hydrogens (tertiary/aromatic N) is 1. The summed E-state index contributed by atoms with van der Waals surface area (Å²) in [6.45, 7) is 7.35. The minimum atomic E-state index is -0.774. The van der Waals surface area contributed by atoms with Gasteiger partial charge in [-0.05, 0) is 50.0 Å². The van der Waals surface area contributed by atoms with E-state index >= 15 is 0 Å². The lowest BCUT2D eigenvalue weighted by Crippen LogP contribution is -2.56. The van der Waals surface area contributed by atoms with Gasteiger partial charge in [0.05, 0.1) is 24.9 Å². The van der Waals surface area contributed by atoms with Gasteiger partial charge in [0, 0.05) is 13.0 Å². The van der Waals surface area contributed by atoms with Crippen LogP contribution in [0.4, 0.5) is 0 Å². The summed E-state index contributed by atoms with van der Waals surface area (Å²) in [4.78, 5) is 14.0. The van der Waals surface area contributed by atoms with Gasteiger partial charge >= 0.3 is 0 Å². The summed E-state index contributed by atoms with van der Waals surface area (Å²) in [5.41, 5.74) is 0.226. The normalized spacial score (nSPS) is 22.7. The molecule has 1 saturated carbocycles. The van der Waals surface area contributed by atoms with E-state index in [0.717, 1.165) is 43.6 Å². The third-order valence-electron chi connectivity index (χ3n) is 5.39. The molecule has 3 rings (SSSR count). The summed E-state index contributed by atoms with van der Waals surface area (Å²) >= 11 is 0. The molecule has 1 aliphatic heterocycles. The molecule has 1 aliphatic carbocycles. The van der Waals surface area contributed by atoms with Gasteiger partial charge in [0.1, 0.15) is 11.9 Å². The first-order valence-corrected chi connectivity index (χ1v) is 9.00. The lowest BCUT2D eigenvalue weighted by molar-refractivity contribution is -0.143. The van der Waals surface area contributed by atoms with E-state index in [1.807, 2.05) is 31.2 Å². The third kappa shape index (κ3) is 4.05. The molecule has 5 heteroatoms. The number of benzene rings is 1. The molecule has 1 heterocycles. The minimum absolute atomic E-state index is 0.123. The van der Waals surface area contributed by atoms with E-state index < -0.39 is 5.60 Å². The summed E-state index contributed by atoms with van der Waals surface area (Å²) in [6.07, 6.45) is 4.85. The molecule has 2 unspecified atom stereocenters. The second kappa shape index (κ2) is 7.58. The standard InChI is InChI=1S/C20H27NO4/c1-3-19(22)21(15(2)20(23)10-4-11-20)13-16-5-7-17(8-6-16)25-18-9-12-24-14-18/h3,5-8,15,18,23H,1,4,9-14H2,2H3. The quantitative estimate of drug-likeness (QED) is 0.772. The van der Waals surface area contributed by atoms with E-state index in [-0.39, 0.29) is 18.1 Å². The third-order valence-corrected chi connectivity index (χ3v) is 5.39. The van der Waals surface area contributed by atoms with Crippen molar-refractivity contribution >= 4 is 5.91 Å². The van der Waals surface area contributed by atoms with Crippen LogP contribution >= 0.6 is 0 Å². The first-order valence-electron chi connectivity index (χ1n) is 9.00. The largest absolute Gasteiger partial charge is 0.488 e. The Labute approximate surface area is 149 Å². The number of carbonyl (C=O) groups is 1. The molecule has 0 spiro atoms. The molecular formula is C20H27NO4. The van der Waals surface area contributed by atoms with Gasteiger partial charge in [0.25, 0.3) is 0 Å². The first kappa shape index (κ1) is 18.0. The Morgan fingerprint density at radius 1 is 1.48 bits per heavy atom. The molecule has 0 bridgehead atoms. The van der Waals surface area contributed by atoms with Crippen LogP contribution in [0.1, 0.15) is 38.2 Å². The van der Waals surface area contributed by atoms with Crippen LogP contribution in [0.2, 0.25) is 0 Å². The maximum Gasteiger partial charge on any atom is 0.246 e. The Morgan fingerprint density at radius 2 is 2.20 bits per heavy atom. The summed E-state index contributed by atoms with van der Waals surface area (Å²) in [5.74, 6) is 0.655. The van der Waals surface area contributed by atoms with Gasteiger partial charge in [-0.25, -0.2) is 0 Å². The van der Waals surface area contributed by atoms with Crippen molar-refractivity contribution < 1.29 is 19.4 Å². The molecule has 1 aromatic carbocycles. The van der Waals surface area contributed by atoms with Crippen molar-refractivity contribution in [2.45, 2.75) is 56.9 Å². The maximum atomic E-state index is 12.3. The van der Waals surface area contributed by atoms with E-state index in [1.165, 1.54) is 6.08 Å². The predicted octanol–water partition coefficient (Wildman–Crippen LogP) is 2.67. The fourth-order valence-electron chi connectivity index (χ4n) is 3.44. The smallest absolute Gasteiger partial charge is 0.246 e. The molecular weight excluding hydrogens is 318 g/mol. The van der Waals surface area contributed by atoms with Gasteiger partial charge in [-0.1, -0.05) is 18.7 Å². The molecule has 5 nitrogen and oxygen atoms in total. The molecule has 1 amide bonds. The fraction of sp³-hybridized carbons (Fsp3) is 0.550. The van der Waals surface area contributed by atoms with Crippen molar-refractivity contribution in [3.05, 3.63) is 42.5 Å². The Hall–Kier alpha value is -1.85. The summed E-state index contributed by atoms with van der Waals surface area (Å²) in [7, 11) is 0. The summed E-state index contributed by atoms with van der Waals surface area (Å²) < 4.78 is 11.2. The van der Waals surface area contributed by atoms with E-state index in [1.54, 1.807) is 4.90 Å². The second-order valence-corrected chi connectivity index (χ2v) is 7.05. The number of rotatable bonds is 7. The lowest BCUT2D eigenvalue weighted by Gasteiger charge is -2.46. The zero-order valence-electron chi connectivity index (χ0n) is 14.8. The van der Waals surface area contributed by atoms with Gasteiger partial charge in [-0.2, -0.15) is 0 Å². The van der Waals surface area contributed by atoms with E-state index in [0.29, 0.717) is 13.2 Å². The van der Waals surface area contributed by atoms with Gasteiger partial charge in [-0.3, -0.25) is 4.79 Å². The maximum absolute atomic E-state index is 12.3. The van der Waals surface area contributed by atoms with Crippen LogP contribution in [-0.4, -0.2) is 46.9 Å². The fourth-order valence-corrected chi connectivity index (χ4v) is 3.44. The molecule has 1 N–H and O–H groups in total. The van der Waals surface area contributed by atoms with E-state index in [4.69, 9.17) is 9.47 Å². The average Bonchev–Trinajstić information content (AvgIpc) is 3.10. The van der Waals surface area contributed by atoms with Crippen LogP contribution in [0.15, 0.2) is 36.9 Å². The van der Waals surface area contributed by atoms with Gasteiger partial charge in [0.15, 0.2) is 0 Å². The van der Waals surface area contributed by atoms with Crippen LogP contribution in [0, 0.1) is 0 Å². The first-order chi connectivity index (χ1) is 12.0. The Balaban J connectivity index is 1.66. The molecule has 2 fully saturated rings. The topological polar surface area (TPSA) is 59.0 Å². The van der Waals surface area contributed by atoms with E-state index in [2.05, 4.69) is 6.58 Å². The molecule has 1 aromatic rings. The number of amides is 1. The second-order valence-electron chi connectivity index (χ2n) is 7.05. The molecule has 136 valence electrons. The van der Waals surface area contributed by atoms with Crippen molar-refractivity contribution in [2.24, 2.45) is 0 Å². The minimum Gasteiger partial charge on any atom is -0.488 e. The van der Waals surface area contributed by atoms with Crippen LogP contribution in [0.25, 0.3) is 0 Å². The molecule has 0 aromatic heterocycles. The Bertz CT molecular complexity index is 603. The van der Waals surface area contributed by atoms with Crippen LogP contribution in [0.5, 0.6) is 5.75 Å². The van der Waals surface area contributed by atoms with Crippen LogP contribution in [-0.2, 0) is 16.1 Å². The highest BCUT2D eigenvalue weighted by atomic mass is 16.5. The highest BCUT2D eigenvalue weighted by Crippen LogP contribution is 2.37. The summed E-state index contributed by atoms with van der Waals surface area (Å²) in [5, 5.41) is 10.6. The molecule has 0 radical (unpaired) electrons. The van der Waals surface area contributed by atoms with Gasteiger partial charge in [0.2, 0.25) is 5.91 Å². The number of aliphatic hydroxyl groups is 1. The van der Waals surface area contributed by atoms with Crippen molar-refractivity contribution in [1.29, 1.82) is 0 Å². The zero-order valence-corrected chi connectivity index (χ0v) is 14.8. The van der Waals surface area contributed by atoms with Crippen LogP contribution in [0.3, 0.4) is 0 Å². The average molecular weight is 345 g/mol. The highest BCUT2D eigenvalue weighted by molar-refractivity contribution is 5.87. The van der Waals surface area contributed by atoms with Crippen molar-refractivity contribution in [2.75, 3.05) is 13.2 Å². The van der Waals surface area contributed by atoms with E-state index in [9.17, 15) is 9.90 Å². The van der Waals surface area contributed by atoms with Gasteiger partial charge < -0.3 is 19.5 Å². The SMILES string of the molecule is C=CC(=O)N(Cc1ccc(OC2CCOC2)cc1)C(C)C1(O)CCC1. The predicted molar refractivity (Wildman–Crippen MR) is 95.3 cm³/mol. The van der Waals surface area contributed by atoms with Crippen molar-refractivity contribution in [3.8, 4) is 5.75 Å². The monoisotopic (exact) mass is 345 g/mol. The van der Waals surface area contributed by atoms with Crippen molar-refractivity contribution in [1.82, 2.24) is 4.90 Å². The number of carbonyl (C=O) groups excluding carboxylic acids is 1. The molecule has 25 heavy (non-hydrogen) atoms. The highest BCUT2D eigenvalue weighted by Gasteiger charge is 2.43. The molecule has 2 atom stereocenters. The van der Waals surface area contributed by atoms with Crippen LogP contribution < -0.4 is 4.74 Å². The van der Waals surface area contributed by atoms with Gasteiger partial charge in [-0.15, -0.1) is 0 Å². The number of hydrogen-bond donors (Lipinski definition) is 1. The zero-order chi connectivity index (χ0) is 17.9. The Kier molecular flexibility index (Phi) is 5.45. The molecule has 2 aliphatic rings.